The van der Waals surface area contributed by atoms with E-state index in [0.29, 0.717) is 30.9 Å². The van der Waals surface area contributed by atoms with Gasteiger partial charge in [-0.25, -0.2) is 4.79 Å². The number of ether oxygens (including phenoxy) is 2. The summed E-state index contributed by atoms with van der Waals surface area (Å²) in [5, 5.41) is 0. The molecule has 2 aliphatic rings. The second-order valence-corrected chi connectivity index (χ2v) is 8.79. The fourth-order valence-corrected chi connectivity index (χ4v) is 3.63. The fraction of sp³-hybridized carbons (Fsp3) is 0.545. The van der Waals surface area contributed by atoms with E-state index in [2.05, 4.69) is 0 Å². The van der Waals surface area contributed by atoms with Crippen LogP contribution in [0, 0.1) is 0 Å². The maximum Gasteiger partial charge on any atom is 0.416 e. The smallest absolute Gasteiger partial charge is 0.416 e. The van der Waals surface area contributed by atoms with E-state index < -0.39 is 29.5 Å². The van der Waals surface area contributed by atoms with Crippen LogP contribution in [-0.4, -0.2) is 59.2 Å². The first-order chi connectivity index (χ1) is 14.4. The molecule has 9 heteroatoms. The highest BCUT2D eigenvalue weighted by atomic mass is 19.4. The molecule has 0 radical (unpaired) electrons. The average Bonchev–Trinajstić information content (AvgIpc) is 3.12. The largest absolute Gasteiger partial charge is 0.443 e. The van der Waals surface area contributed by atoms with Crippen molar-refractivity contribution in [2.24, 2.45) is 0 Å². The van der Waals surface area contributed by atoms with E-state index in [9.17, 15) is 22.8 Å². The molecule has 2 heterocycles. The van der Waals surface area contributed by atoms with E-state index in [0.717, 1.165) is 12.1 Å². The third-order valence-corrected chi connectivity index (χ3v) is 5.17. The number of rotatable bonds is 2. The van der Waals surface area contributed by atoms with Gasteiger partial charge in [0, 0.05) is 19.2 Å². The zero-order chi connectivity index (χ0) is 23.0. The maximum absolute atomic E-state index is 13.3. The third kappa shape index (κ3) is 5.39. The van der Waals surface area contributed by atoms with Gasteiger partial charge in [0.15, 0.2) is 0 Å². The van der Waals surface area contributed by atoms with Crippen LogP contribution in [0.1, 0.15) is 45.2 Å². The van der Waals surface area contributed by atoms with Crippen molar-refractivity contribution in [3.8, 4) is 0 Å². The molecule has 0 aliphatic carbocycles. The van der Waals surface area contributed by atoms with Gasteiger partial charge in [0.1, 0.15) is 11.6 Å². The van der Waals surface area contributed by atoms with E-state index in [1.165, 1.54) is 23.2 Å². The van der Waals surface area contributed by atoms with Gasteiger partial charge in [-0.15, -0.1) is 0 Å². The average molecular weight is 440 g/mol. The molecule has 1 fully saturated rings. The summed E-state index contributed by atoms with van der Waals surface area (Å²) in [7, 11) is 0. The quantitative estimate of drug-likeness (QED) is 0.688. The second kappa shape index (κ2) is 8.53. The van der Waals surface area contributed by atoms with Gasteiger partial charge in [-0.05, 0) is 51.0 Å². The topological polar surface area (TPSA) is 59.1 Å². The maximum atomic E-state index is 13.3. The van der Waals surface area contributed by atoms with Crippen molar-refractivity contribution >= 4 is 17.6 Å². The van der Waals surface area contributed by atoms with E-state index in [-0.39, 0.29) is 18.4 Å². The van der Waals surface area contributed by atoms with Gasteiger partial charge in [-0.3, -0.25) is 9.69 Å². The Morgan fingerprint density at radius 2 is 1.77 bits per heavy atom. The Labute approximate surface area is 179 Å². The molecule has 0 bridgehead atoms. The van der Waals surface area contributed by atoms with Crippen molar-refractivity contribution in [3.05, 3.63) is 41.6 Å². The van der Waals surface area contributed by atoms with Gasteiger partial charge in [0.2, 0.25) is 5.91 Å². The van der Waals surface area contributed by atoms with Crippen LogP contribution in [0.5, 0.6) is 0 Å². The number of carbonyl (C=O) groups excluding carboxylic acids is 2. The molecule has 1 saturated heterocycles. The van der Waals surface area contributed by atoms with Crippen molar-refractivity contribution in [1.29, 1.82) is 0 Å². The van der Waals surface area contributed by atoms with Crippen LogP contribution in [0.3, 0.4) is 0 Å². The predicted molar refractivity (Wildman–Crippen MR) is 108 cm³/mol. The lowest BCUT2D eigenvalue weighted by Gasteiger charge is -2.37. The number of benzene rings is 1. The van der Waals surface area contributed by atoms with Crippen molar-refractivity contribution in [3.63, 3.8) is 0 Å². The fourth-order valence-electron chi connectivity index (χ4n) is 3.63. The summed E-state index contributed by atoms with van der Waals surface area (Å²) in [5.41, 5.74) is -0.402. The molecule has 6 nitrogen and oxygen atoms in total. The zero-order valence-corrected chi connectivity index (χ0v) is 18.0. The Hall–Kier alpha value is -2.55. The number of alkyl halides is 3. The Bertz CT molecular complexity index is 859. The Kier molecular flexibility index (Phi) is 6.36. The lowest BCUT2D eigenvalue weighted by atomic mass is 10.00. The van der Waals surface area contributed by atoms with Crippen LogP contribution in [0.2, 0.25) is 0 Å². The molecule has 2 atom stereocenters. The second-order valence-electron chi connectivity index (χ2n) is 8.79. The third-order valence-electron chi connectivity index (χ3n) is 5.17. The molecule has 170 valence electrons. The molecule has 1 aromatic carbocycles. The molecule has 0 N–H and O–H groups in total. The van der Waals surface area contributed by atoms with Gasteiger partial charge in [-0.1, -0.05) is 12.1 Å². The minimum absolute atomic E-state index is 0.142. The first-order valence-electron chi connectivity index (χ1n) is 10.1. The van der Waals surface area contributed by atoms with E-state index in [1.807, 2.05) is 6.92 Å². The normalized spacial score (nSPS) is 22.4. The molecule has 0 saturated carbocycles. The summed E-state index contributed by atoms with van der Waals surface area (Å²) >= 11 is 0. The number of carbonyl (C=O) groups is 2. The number of hydrogen-bond acceptors (Lipinski definition) is 4. The first kappa shape index (κ1) is 23.1. The van der Waals surface area contributed by atoms with E-state index in [4.69, 9.17) is 9.47 Å². The molecule has 3 rings (SSSR count). The molecule has 31 heavy (non-hydrogen) atoms. The summed E-state index contributed by atoms with van der Waals surface area (Å²) in [6, 6.07) is 3.73. The summed E-state index contributed by atoms with van der Waals surface area (Å²) in [4.78, 5) is 29.0. The van der Waals surface area contributed by atoms with Crippen molar-refractivity contribution in [2.45, 2.75) is 58.0 Å². The highest BCUT2D eigenvalue weighted by Gasteiger charge is 2.41. The van der Waals surface area contributed by atoms with Crippen LogP contribution in [-0.2, 0) is 20.4 Å². The standard InChI is InChI=1S/C22H27F3N2O4/c1-14-13-30-10-9-26(14)19(28)18-11-16(12-27(18)20(29)31-21(2,3)4)15-5-7-17(8-6-15)22(23,24)25/h5-8,12,14,18H,9-11,13H2,1-4H3. The minimum Gasteiger partial charge on any atom is -0.443 e. The minimum atomic E-state index is -4.43. The molecule has 0 aromatic heterocycles. The molecule has 2 unspecified atom stereocenters. The van der Waals surface area contributed by atoms with E-state index in [1.54, 1.807) is 25.7 Å². The number of nitrogens with zero attached hydrogens (tertiary/aromatic N) is 2. The Balaban J connectivity index is 1.88. The van der Waals surface area contributed by atoms with Gasteiger partial charge >= 0.3 is 12.3 Å². The van der Waals surface area contributed by atoms with Crippen LogP contribution in [0.25, 0.3) is 5.57 Å². The van der Waals surface area contributed by atoms with Crippen molar-refractivity contribution in [2.75, 3.05) is 19.8 Å². The monoisotopic (exact) mass is 440 g/mol. The SMILES string of the molecule is CC1COCCN1C(=O)C1CC(c2ccc(C(F)(F)F)cc2)=CN1C(=O)OC(C)(C)C. The van der Waals surface area contributed by atoms with Gasteiger partial charge in [-0.2, -0.15) is 13.2 Å². The number of morpholine rings is 1. The Morgan fingerprint density at radius 3 is 2.32 bits per heavy atom. The van der Waals surface area contributed by atoms with Gasteiger partial charge in [0.25, 0.3) is 0 Å². The Morgan fingerprint density at radius 1 is 1.13 bits per heavy atom. The highest BCUT2D eigenvalue weighted by Crippen LogP contribution is 2.35. The molecular weight excluding hydrogens is 413 g/mol. The highest BCUT2D eigenvalue weighted by molar-refractivity contribution is 5.91. The van der Waals surface area contributed by atoms with Crippen LogP contribution < -0.4 is 0 Å². The molecule has 2 amide bonds. The molecule has 1 aromatic rings. The number of amides is 2. The lowest BCUT2D eigenvalue weighted by molar-refractivity contribution is -0.143. The van der Waals surface area contributed by atoms with Crippen molar-refractivity contribution < 1.29 is 32.2 Å². The van der Waals surface area contributed by atoms with Gasteiger partial charge in [0.05, 0.1) is 24.8 Å². The van der Waals surface area contributed by atoms with E-state index >= 15 is 0 Å². The summed E-state index contributed by atoms with van der Waals surface area (Å²) in [5.74, 6) is -0.236. The number of halogens is 3. The molecule has 0 spiro atoms. The summed E-state index contributed by atoms with van der Waals surface area (Å²) in [6.07, 6.45) is -3.41. The first-order valence-corrected chi connectivity index (χ1v) is 10.1. The summed E-state index contributed by atoms with van der Waals surface area (Å²) in [6.45, 7) is 8.27. The van der Waals surface area contributed by atoms with Crippen molar-refractivity contribution in [1.82, 2.24) is 9.80 Å². The zero-order valence-electron chi connectivity index (χ0n) is 18.0. The number of hydrogen-bond donors (Lipinski definition) is 0. The van der Waals surface area contributed by atoms with Gasteiger partial charge < -0.3 is 14.4 Å². The van der Waals surface area contributed by atoms with Crippen LogP contribution in [0.4, 0.5) is 18.0 Å². The molecule has 2 aliphatic heterocycles. The summed E-state index contributed by atoms with van der Waals surface area (Å²) < 4.78 is 49.5. The predicted octanol–water partition coefficient (Wildman–Crippen LogP) is 4.30. The van der Waals surface area contributed by atoms with Crippen LogP contribution >= 0.6 is 0 Å². The molecular formula is C22H27F3N2O4. The lowest BCUT2D eigenvalue weighted by Crippen LogP contribution is -2.54. The van der Waals surface area contributed by atoms with Crippen LogP contribution in [0.15, 0.2) is 30.5 Å².